The average Bonchev–Trinajstić information content (AvgIpc) is 2.89. The van der Waals surface area contributed by atoms with Crippen LogP contribution >= 0.6 is 0 Å². The number of rotatable bonds is 2. The van der Waals surface area contributed by atoms with Crippen LogP contribution in [0.5, 0.6) is 0 Å². The SMILES string of the molecule is CS(=O)(=O)c1ccc2c(c1)CCc1cccnc1C2=C1CCN(C(=O)CN)CC1. The van der Waals surface area contributed by atoms with E-state index in [9.17, 15) is 13.2 Å². The Labute approximate surface area is 171 Å². The number of fused-ring (bicyclic) bond motifs is 2. The highest BCUT2D eigenvalue weighted by Crippen LogP contribution is 2.38. The topological polar surface area (TPSA) is 93.4 Å². The molecule has 1 saturated heterocycles. The number of carbonyl (C=O) groups is 1. The van der Waals surface area contributed by atoms with E-state index in [-0.39, 0.29) is 12.5 Å². The number of benzene rings is 1. The maximum Gasteiger partial charge on any atom is 0.236 e. The Hall–Kier alpha value is -2.51. The molecular weight excluding hydrogens is 386 g/mol. The number of aromatic nitrogens is 1. The minimum atomic E-state index is -3.27. The van der Waals surface area contributed by atoms with E-state index in [0.29, 0.717) is 18.0 Å². The first kappa shape index (κ1) is 19.8. The fourth-order valence-electron chi connectivity index (χ4n) is 4.28. The molecule has 2 heterocycles. The van der Waals surface area contributed by atoms with Gasteiger partial charge in [0.2, 0.25) is 5.91 Å². The first-order chi connectivity index (χ1) is 13.9. The largest absolute Gasteiger partial charge is 0.341 e. The van der Waals surface area contributed by atoms with Gasteiger partial charge in [-0.15, -0.1) is 0 Å². The van der Waals surface area contributed by atoms with Gasteiger partial charge in [-0.1, -0.05) is 17.7 Å². The lowest BCUT2D eigenvalue weighted by Gasteiger charge is -2.30. The average molecular weight is 412 g/mol. The van der Waals surface area contributed by atoms with Crippen molar-refractivity contribution in [2.24, 2.45) is 5.73 Å². The Bertz CT molecular complexity index is 1100. The summed E-state index contributed by atoms with van der Waals surface area (Å²) < 4.78 is 24.1. The molecule has 2 aromatic rings. The summed E-state index contributed by atoms with van der Waals surface area (Å²) in [5.74, 6) is -0.0216. The van der Waals surface area contributed by atoms with E-state index in [0.717, 1.165) is 48.1 Å². The second kappa shape index (κ2) is 7.72. The van der Waals surface area contributed by atoms with E-state index in [2.05, 4.69) is 6.07 Å². The minimum absolute atomic E-state index is 0.0216. The summed E-state index contributed by atoms with van der Waals surface area (Å²) in [6, 6.07) is 9.47. The van der Waals surface area contributed by atoms with Gasteiger partial charge in [0.15, 0.2) is 9.84 Å². The molecule has 1 aromatic heterocycles. The normalized spacial score (nSPS) is 16.8. The van der Waals surface area contributed by atoms with E-state index >= 15 is 0 Å². The van der Waals surface area contributed by atoms with Crippen LogP contribution in [0.2, 0.25) is 0 Å². The first-order valence-corrected chi connectivity index (χ1v) is 11.7. The standard InChI is InChI=1S/C22H25N3O3S/c1-29(27,28)18-6-7-19-17(13-18)5-4-16-3-2-10-24-22(16)21(19)15-8-11-25(12-9-15)20(26)14-23/h2-3,6-7,10,13H,4-5,8-9,11-12,14,23H2,1H3. The lowest BCUT2D eigenvalue weighted by Crippen LogP contribution is -2.40. The van der Waals surface area contributed by atoms with Crippen molar-refractivity contribution in [1.82, 2.24) is 9.88 Å². The quantitative estimate of drug-likeness (QED) is 0.815. The number of likely N-dealkylation sites (tertiary alicyclic amines) is 1. The van der Waals surface area contributed by atoms with Gasteiger partial charge in [-0.25, -0.2) is 8.42 Å². The summed E-state index contributed by atoms with van der Waals surface area (Å²) in [6.07, 6.45) is 6.17. The summed E-state index contributed by atoms with van der Waals surface area (Å²) in [5.41, 5.74) is 12.1. The fraction of sp³-hybridized carbons (Fsp3) is 0.364. The molecule has 1 aliphatic carbocycles. The van der Waals surface area contributed by atoms with Crippen molar-refractivity contribution >= 4 is 21.3 Å². The number of piperidine rings is 1. The zero-order chi connectivity index (χ0) is 20.6. The molecule has 0 radical (unpaired) electrons. The van der Waals surface area contributed by atoms with Gasteiger partial charge in [0, 0.05) is 31.1 Å². The second-order valence-corrected chi connectivity index (χ2v) is 9.68. The third-order valence-corrected chi connectivity index (χ3v) is 6.92. The van der Waals surface area contributed by atoms with Crippen molar-refractivity contribution < 1.29 is 13.2 Å². The summed E-state index contributed by atoms with van der Waals surface area (Å²) in [4.78, 5) is 18.8. The predicted octanol–water partition coefficient (Wildman–Crippen LogP) is 1.97. The highest BCUT2D eigenvalue weighted by atomic mass is 32.2. The molecule has 29 heavy (non-hydrogen) atoms. The summed E-state index contributed by atoms with van der Waals surface area (Å²) in [7, 11) is -3.27. The van der Waals surface area contributed by atoms with Crippen LogP contribution in [0.3, 0.4) is 0 Å². The van der Waals surface area contributed by atoms with Gasteiger partial charge in [-0.2, -0.15) is 0 Å². The predicted molar refractivity (Wildman–Crippen MR) is 112 cm³/mol. The maximum absolute atomic E-state index is 12.1. The van der Waals surface area contributed by atoms with Crippen LogP contribution in [0.4, 0.5) is 0 Å². The van der Waals surface area contributed by atoms with Crippen molar-refractivity contribution in [3.63, 3.8) is 0 Å². The molecule has 0 unspecified atom stereocenters. The second-order valence-electron chi connectivity index (χ2n) is 7.67. The monoisotopic (exact) mass is 411 g/mol. The number of hydrogen-bond donors (Lipinski definition) is 1. The maximum atomic E-state index is 12.1. The van der Waals surface area contributed by atoms with E-state index in [4.69, 9.17) is 10.7 Å². The van der Waals surface area contributed by atoms with Crippen molar-refractivity contribution in [2.75, 3.05) is 25.9 Å². The van der Waals surface area contributed by atoms with Gasteiger partial charge < -0.3 is 10.6 Å². The van der Waals surface area contributed by atoms with Crippen LogP contribution in [0, 0.1) is 0 Å². The molecule has 1 aliphatic heterocycles. The lowest BCUT2D eigenvalue weighted by molar-refractivity contribution is -0.130. The molecule has 1 fully saturated rings. The lowest BCUT2D eigenvalue weighted by atomic mass is 9.88. The van der Waals surface area contributed by atoms with Gasteiger partial charge in [-0.05, 0) is 60.6 Å². The molecule has 0 bridgehead atoms. The van der Waals surface area contributed by atoms with E-state index < -0.39 is 9.84 Å². The smallest absolute Gasteiger partial charge is 0.236 e. The van der Waals surface area contributed by atoms with Crippen LogP contribution < -0.4 is 5.73 Å². The number of nitrogens with two attached hydrogens (primary N) is 1. The molecule has 6 nitrogen and oxygen atoms in total. The fourth-order valence-corrected chi connectivity index (χ4v) is 4.95. The molecule has 0 saturated carbocycles. The molecule has 7 heteroatoms. The Balaban J connectivity index is 1.84. The number of aryl methyl sites for hydroxylation is 2. The molecule has 0 atom stereocenters. The number of nitrogens with zero attached hydrogens (tertiary/aromatic N) is 2. The molecule has 4 rings (SSSR count). The third-order valence-electron chi connectivity index (χ3n) is 5.81. The van der Waals surface area contributed by atoms with E-state index in [1.807, 2.05) is 29.3 Å². The van der Waals surface area contributed by atoms with Crippen LogP contribution in [0.1, 0.15) is 35.2 Å². The van der Waals surface area contributed by atoms with E-state index in [1.54, 1.807) is 6.07 Å². The van der Waals surface area contributed by atoms with Crippen LogP contribution in [0.25, 0.3) is 5.57 Å². The van der Waals surface area contributed by atoms with Crippen molar-refractivity contribution in [2.45, 2.75) is 30.6 Å². The Kier molecular flexibility index (Phi) is 5.27. The number of hydrogen-bond acceptors (Lipinski definition) is 5. The van der Waals surface area contributed by atoms with Gasteiger partial charge in [0.1, 0.15) is 0 Å². The molecule has 1 aromatic carbocycles. The molecular formula is C22H25N3O3S. The number of amides is 1. The highest BCUT2D eigenvalue weighted by Gasteiger charge is 2.26. The van der Waals surface area contributed by atoms with Gasteiger partial charge >= 0.3 is 0 Å². The van der Waals surface area contributed by atoms with Crippen LogP contribution in [0.15, 0.2) is 47.0 Å². The van der Waals surface area contributed by atoms with Crippen molar-refractivity contribution in [3.05, 3.63) is 64.5 Å². The van der Waals surface area contributed by atoms with E-state index in [1.165, 1.54) is 17.4 Å². The third kappa shape index (κ3) is 3.84. The van der Waals surface area contributed by atoms with Crippen molar-refractivity contribution in [3.8, 4) is 0 Å². The zero-order valence-electron chi connectivity index (χ0n) is 16.5. The number of carbonyl (C=O) groups excluding carboxylic acids is 1. The Morgan fingerprint density at radius 3 is 2.52 bits per heavy atom. The Morgan fingerprint density at radius 1 is 1.10 bits per heavy atom. The minimum Gasteiger partial charge on any atom is -0.341 e. The number of sulfone groups is 1. The number of pyridine rings is 1. The molecule has 2 aliphatic rings. The summed E-state index contributed by atoms with van der Waals surface area (Å²) in [5, 5.41) is 0. The molecule has 2 N–H and O–H groups in total. The van der Waals surface area contributed by atoms with Gasteiger partial charge in [-0.3, -0.25) is 9.78 Å². The zero-order valence-corrected chi connectivity index (χ0v) is 17.3. The molecule has 1 amide bonds. The van der Waals surface area contributed by atoms with Crippen LogP contribution in [-0.4, -0.2) is 50.1 Å². The van der Waals surface area contributed by atoms with Crippen molar-refractivity contribution in [1.29, 1.82) is 0 Å². The van der Waals surface area contributed by atoms with Crippen LogP contribution in [-0.2, 0) is 27.5 Å². The van der Waals surface area contributed by atoms with Gasteiger partial charge in [0.25, 0.3) is 0 Å². The highest BCUT2D eigenvalue weighted by molar-refractivity contribution is 7.90. The summed E-state index contributed by atoms with van der Waals surface area (Å²) >= 11 is 0. The molecule has 0 spiro atoms. The molecule has 152 valence electrons. The summed E-state index contributed by atoms with van der Waals surface area (Å²) in [6.45, 7) is 1.33. The first-order valence-electron chi connectivity index (χ1n) is 9.86. The Morgan fingerprint density at radius 2 is 1.83 bits per heavy atom. The van der Waals surface area contributed by atoms with Gasteiger partial charge in [0.05, 0.1) is 17.1 Å².